The van der Waals surface area contributed by atoms with Crippen LogP contribution in [-0.4, -0.2) is 5.91 Å². The van der Waals surface area contributed by atoms with Gasteiger partial charge in [-0.3, -0.25) is 9.69 Å². The first-order chi connectivity index (χ1) is 12.3. The number of benzene rings is 3. The number of rotatable bonds is 4. The van der Waals surface area contributed by atoms with E-state index in [1.165, 1.54) is 0 Å². The molecule has 0 saturated heterocycles. The zero-order valence-corrected chi connectivity index (χ0v) is 13.4. The van der Waals surface area contributed by atoms with Crippen molar-refractivity contribution >= 4 is 34.1 Å². The van der Waals surface area contributed by atoms with E-state index in [9.17, 15) is 4.79 Å². The summed E-state index contributed by atoms with van der Waals surface area (Å²) in [7, 11) is 0. The average molecular weight is 328 g/mol. The summed E-state index contributed by atoms with van der Waals surface area (Å²) in [6.07, 6.45) is 0. The van der Waals surface area contributed by atoms with E-state index in [0.29, 0.717) is 22.4 Å². The van der Waals surface area contributed by atoms with E-state index in [2.05, 4.69) is 0 Å². The Morgan fingerprint density at radius 2 is 1.28 bits per heavy atom. The highest BCUT2D eigenvalue weighted by Crippen LogP contribution is 2.40. The van der Waals surface area contributed by atoms with Crippen LogP contribution < -0.4 is 10.6 Å². The molecule has 0 atom stereocenters. The maximum atomic E-state index is 12.2. The van der Waals surface area contributed by atoms with E-state index < -0.39 is 5.91 Å². The Kier molecular flexibility index (Phi) is 3.71. The van der Waals surface area contributed by atoms with E-state index >= 15 is 0 Å². The lowest BCUT2D eigenvalue weighted by atomic mass is 10.1. The highest BCUT2D eigenvalue weighted by Gasteiger charge is 2.25. The largest absolute Gasteiger partial charge is 0.439 e. The Morgan fingerprint density at radius 3 is 1.84 bits per heavy atom. The van der Waals surface area contributed by atoms with Gasteiger partial charge < -0.3 is 10.2 Å². The van der Waals surface area contributed by atoms with Gasteiger partial charge in [0.2, 0.25) is 5.88 Å². The summed E-state index contributed by atoms with van der Waals surface area (Å²) < 4.78 is 6.06. The number of fused-ring (bicyclic) bond motifs is 1. The smallest absolute Gasteiger partial charge is 0.254 e. The van der Waals surface area contributed by atoms with E-state index in [0.717, 1.165) is 11.4 Å². The van der Waals surface area contributed by atoms with Gasteiger partial charge in [-0.05, 0) is 30.3 Å². The summed E-state index contributed by atoms with van der Waals surface area (Å²) in [5.74, 6) is -0.0945. The van der Waals surface area contributed by atoms with Crippen LogP contribution in [0.5, 0.6) is 0 Å². The summed E-state index contributed by atoms with van der Waals surface area (Å²) in [4.78, 5) is 14.1. The molecule has 1 aromatic heterocycles. The third-order valence-electron chi connectivity index (χ3n) is 4.06. The van der Waals surface area contributed by atoms with Crippen molar-refractivity contribution in [2.24, 2.45) is 5.73 Å². The molecule has 0 aliphatic rings. The number of anilines is 3. The van der Waals surface area contributed by atoms with Crippen LogP contribution in [0, 0.1) is 0 Å². The lowest BCUT2D eigenvalue weighted by Crippen LogP contribution is -2.17. The van der Waals surface area contributed by atoms with Gasteiger partial charge in [-0.25, -0.2) is 0 Å². The van der Waals surface area contributed by atoms with Crippen LogP contribution in [0.25, 0.3) is 11.0 Å². The van der Waals surface area contributed by atoms with Crippen molar-refractivity contribution in [3.8, 4) is 0 Å². The number of furan rings is 1. The van der Waals surface area contributed by atoms with Crippen LogP contribution in [0.1, 0.15) is 10.4 Å². The molecular formula is C21H16N2O2. The molecule has 0 aliphatic heterocycles. The topological polar surface area (TPSA) is 59.5 Å². The minimum atomic E-state index is -0.517. The number of nitrogens with zero attached hydrogens (tertiary/aromatic N) is 1. The molecule has 0 saturated carbocycles. The zero-order chi connectivity index (χ0) is 17.2. The average Bonchev–Trinajstić information content (AvgIpc) is 3.03. The molecule has 1 heterocycles. The summed E-state index contributed by atoms with van der Waals surface area (Å²) in [6.45, 7) is 0. The number of hydrogen-bond donors (Lipinski definition) is 1. The summed E-state index contributed by atoms with van der Waals surface area (Å²) in [6, 6.07) is 26.9. The van der Waals surface area contributed by atoms with Gasteiger partial charge in [0.1, 0.15) is 11.1 Å². The Morgan fingerprint density at radius 1 is 0.760 bits per heavy atom. The van der Waals surface area contributed by atoms with Crippen molar-refractivity contribution in [3.05, 3.63) is 90.5 Å². The van der Waals surface area contributed by atoms with E-state index in [1.807, 2.05) is 89.8 Å². The van der Waals surface area contributed by atoms with Gasteiger partial charge in [0.05, 0.1) is 0 Å². The molecule has 0 fully saturated rings. The van der Waals surface area contributed by atoms with Crippen LogP contribution in [0.3, 0.4) is 0 Å². The first-order valence-corrected chi connectivity index (χ1v) is 7.97. The predicted molar refractivity (Wildman–Crippen MR) is 99.4 cm³/mol. The SMILES string of the molecule is NC(=O)c1c(N(c2ccccc2)c2ccccc2)oc2ccccc12. The monoisotopic (exact) mass is 328 g/mol. The van der Waals surface area contributed by atoms with Gasteiger partial charge in [-0.15, -0.1) is 0 Å². The van der Waals surface area contributed by atoms with Gasteiger partial charge in [0.25, 0.3) is 5.91 Å². The number of carbonyl (C=O) groups is 1. The predicted octanol–water partition coefficient (Wildman–Crippen LogP) is 5.00. The molecule has 122 valence electrons. The second-order valence-electron chi connectivity index (χ2n) is 5.65. The van der Waals surface area contributed by atoms with Crippen LogP contribution in [0.2, 0.25) is 0 Å². The summed E-state index contributed by atoms with van der Waals surface area (Å²) >= 11 is 0. The van der Waals surface area contributed by atoms with Crippen molar-refractivity contribution in [2.45, 2.75) is 0 Å². The Hall–Kier alpha value is -3.53. The number of para-hydroxylation sites is 3. The van der Waals surface area contributed by atoms with Gasteiger partial charge in [-0.1, -0.05) is 54.6 Å². The van der Waals surface area contributed by atoms with E-state index in [-0.39, 0.29) is 0 Å². The molecule has 0 radical (unpaired) electrons. The lowest BCUT2D eigenvalue weighted by molar-refractivity contribution is 0.100. The molecule has 0 aliphatic carbocycles. The quantitative estimate of drug-likeness (QED) is 0.573. The second-order valence-corrected chi connectivity index (χ2v) is 5.65. The fourth-order valence-electron chi connectivity index (χ4n) is 2.97. The molecule has 4 heteroatoms. The Labute approximate surface area is 145 Å². The van der Waals surface area contributed by atoms with Crippen LogP contribution in [0.4, 0.5) is 17.3 Å². The van der Waals surface area contributed by atoms with Gasteiger partial charge in [0.15, 0.2) is 0 Å². The number of hydrogen-bond acceptors (Lipinski definition) is 3. The molecule has 3 aromatic carbocycles. The highest BCUT2D eigenvalue weighted by molar-refractivity contribution is 6.11. The highest BCUT2D eigenvalue weighted by atomic mass is 16.4. The molecule has 1 amide bonds. The standard InChI is InChI=1S/C21H16N2O2/c22-20(24)19-17-13-7-8-14-18(17)25-21(19)23(15-9-3-1-4-10-15)16-11-5-2-6-12-16/h1-14H,(H2,22,24). The van der Waals surface area contributed by atoms with E-state index in [4.69, 9.17) is 10.2 Å². The Balaban J connectivity index is 2.02. The third kappa shape index (κ3) is 2.64. The minimum Gasteiger partial charge on any atom is -0.439 e. The van der Waals surface area contributed by atoms with Crippen molar-refractivity contribution < 1.29 is 9.21 Å². The first kappa shape index (κ1) is 15.0. The fraction of sp³-hybridized carbons (Fsp3) is 0. The molecule has 4 rings (SSSR count). The molecule has 25 heavy (non-hydrogen) atoms. The Bertz CT molecular complexity index is 984. The third-order valence-corrected chi connectivity index (χ3v) is 4.06. The molecule has 0 spiro atoms. The lowest BCUT2D eigenvalue weighted by Gasteiger charge is -2.23. The molecule has 4 aromatic rings. The van der Waals surface area contributed by atoms with Gasteiger partial charge in [0, 0.05) is 16.8 Å². The molecule has 4 nitrogen and oxygen atoms in total. The van der Waals surface area contributed by atoms with Gasteiger partial charge >= 0.3 is 0 Å². The number of amides is 1. The van der Waals surface area contributed by atoms with Crippen molar-refractivity contribution in [1.29, 1.82) is 0 Å². The van der Waals surface area contributed by atoms with E-state index in [1.54, 1.807) is 0 Å². The number of primary amides is 1. The van der Waals surface area contributed by atoms with Crippen molar-refractivity contribution in [1.82, 2.24) is 0 Å². The normalized spacial score (nSPS) is 10.7. The van der Waals surface area contributed by atoms with Crippen molar-refractivity contribution in [3.63, 3.8) is 0 Å². The number of carbonyl (C=O) groups excluding carboxylic acids is 1. The fourth-order valence-corrected chi connectivity index (χ4v) is 2.97. The van der Waals surface area contributed by atoms with Crippen molar-refractivity contribution in [2.75, 3.05) is 4.90 Å². The molecular weight excluding hydrogens is 312 g/mol. The minimum absolute atomic E-state index is 0.378. The summed E-state index contributed by atoms with van der Waals surface area (Å²) in [5, 5.41) is 0.710. The van der Waals surface area contributed by atoms with Crippen LogP contribution in [-0.2, 0) is 0 Å². The molecule has 0 unspecified atom stereocenters. The molecule has 2 N–H and O–H groups in total. The maximum Gasteiger partial charge on any atom is 0.254 e. The first-order valence-electron chi connectivity index (χ1n) is 7.97. The zero-order valence-electron chi connectivity index (χ0n) is 13.4. The molecule has 0 bridgehead atoms. The summed E-state index contributed by atoms with van der Waals surface area (Å²) in [5.41, 5.74) is 8.47. The maximum absolute atomic E-state index is 12.2. The van der Waals surface area contributed by atoms with Crippen LogP contribution in [0.15, 0.2) is 89.3 Å². The number of nitrogens with two attached hydrogens (primary N) is 1. The van der Waals surface area contributed by atoms with Crippen LogP contribution >= 0.6 is 0 Å². The second kappa shape index (κ2) is 6.17. The van der Waals surface area contributed by atoms with Gasteiger partial charge in [-0.2, -0.15) is 0 Å².